The average molecular weight is 377 g/mol. The minimum absolute atomic E-state index is 0.0928. The van der Waals surface area contributed by atoms with Crippen molar-refractivity contribution in [1.29, 1.82) is 0 Å². The van der Waals surface area contributed by atoms with Gasteiger partial charge in [0, 0.05) is 25.2 Å². The van der Waals surface area contributed by atoms with Crippen molar-refractivity contribution in [1.82, 2.24) is 0 Å². The van der Waals surface area contributed by atoms with Crippen LogP contribution < -0.4 is 9.62 Å². The molecule has 26 heavy (non-hydrogen) atoms. The van der Waals surface area contributed by atoms with E-state index < -0.39 is 14.9 Å². The zero-order valence-corrected chi connectivity index (χ0v) is 15.0. The van der Waals surface area contributed by atoms with E-state index in [0.29, 0.717) is 37.7 Å². The summed E-state index contributed by atoms with van der Waals surface area (Å²) in [4.78, 5) is 12.6. The number of nitro benzene ring substituents is 1. The number of nitro groups is 1. The van der Waals surface area contributed by atoms with Crippen LogP contribution >= 0.6 is 0 Å². The summed E-state index contributed by atoms with van der Waals surface area (Å²) in [6, 6.07) is 10.6. The first-order chi connectivity index (χ1) is 12.4. The van der Waals surface area contributed by atoms with Crippen LogP contribution in [0.15, 0.2) is 47.4 Å². The van der Waals surface area contributed by atoms with Crippen LogP contribution in [-0.2, 0) is 14.8 Å². The second kappa shape index (κ2) is 7.30. The monoisotopic (exact) mass is 377 g/mol. The maximum Gasteiger partial charge on any atom is 0.271 e. The largest absolute Gasteiger partial charge is 0.378 e. The van der Waals surface area contributed by atoms with E-state index >= 15 is 0 Å². The Hall–Kier alpha value is -2.65. The SMILES string of the molecule is Cc1ccc(S(=O)(=O)Nc2ccc([N+](=O)[O-])cc2N2CCOCC2)cc1. The van der Waals surface area contributed by atoms with Gasteiger partial charge >= 0.3 is 0 Å². The Morgan fingerprint density at radius 3 is 2.38 bits per heavy atom. The fourth-order valence-corrected chi connectivity index (χ4v) is 3.78. The van der Waals surface area contributed by atoms with E-state index in [9.17, 15) is 18.5 Å². The maximum absolute atomic E-state index is 12.7. The van der Waals surface area contributed by atoms with E-state index in [0.717, 1.165) is 5.56 Å². The number of hydrogen-bond donors (Lipinski definition) is 1. The molecule has 1 fully saturated rings. The number of rotatable bonds is 5. The lowest BCUT2D eigenvalue weighted by atomic mass is 10.2. The molecule has 1 aliphatic heterocycles. The van der Waals surface area contributed by atoms with Crippen molar-refractivity contribution in [3.8, 4) is 0 Å². The van der Waals surface area contributed by atoms with Gasteiger partial charge in [0.2, 0.25) is 0 Å². The van der Waals surface area contributed by atoms with Crippen LogP contribution in [0.2, 0.25) is 0 Å². The Morgan fingerprint density at radius 1 is 1.12 bits per heavy atom. The van der Waals surface area contributed by atoms with Crippen LogP contribution in [0.1, 0.15) is 5.56 Å². The van der Waals surface area contributed by atoms with E-state index in [2.05, 4.69) is 4.72 Å². The number of anilines is 2. The van der Waals surface area contributed by atoms with Crippen LogP contribution in [0.25, 0.3) is 0 Å². The number of non-ortho nitro benzene ring substituents is 1. The van der Waals surface area contributed by atoms with Gasteiger partial charge in [-0.25, -0.2) is 8.42 Å². The molecule has 0 atom stereocenters. The van der Waals surface area contributed by atoms with Gasteiger partial charge in [0.25, 0.3) is 15.7 Å². The topological polar surface area (TPSA) is 102 Å². The molecule has 3 rings (SSSR count). The Labute approximate surface area is 151 Å². The van der Waals surface area contributed by atoms with Gasteiger partial charge < -0.3 is 9.64 Å². The van der Waals surface area contributed by atoms with Gasteiger partial charge in [-0.1, -0.05) is 17.7 Å². The summed E-state index contributed by atoms with van der Waals surface area (Å²) in [6.45, 7) is 3.89. The van der Waals surface area contributed by atoms with E-state index in [4.69, 9.17) is 4.74 Å². The first-order valence-corrected chi connectivity index (χ1v) is 9.56. The van der Waals surface area contributed by atoms with Gasteiger partial charge in [0.1, 0.15) is 0 Å². The van der Waals surface area contributed by atoms with Crippen molar-refractivity contribution in [3.63, 3.8) is 0 Å². The molecule has 1 N–H and O–H groups in total. The van der Waals surface area contributed by atoms with Crippen LogP contribution in [-0.4, -0.2) is 39.6 Å². The Kier molecular flexibility index (Phi) is 5.10. The lowest BCUT2D eigenvalue weighted by Crippen LogP contribution is -2.36. The lowest BCUT2D eigenvalue weighted by molar-refractivity contribution is -0.384. The lowest BCUT2D eigenvalue weighted by Gasteiger charge is -2.30. The highest BCUT2D eigenvalue weighted by molar-refractivity contribution is 7.92. The predicted molar refractivity (Wildman–Crippen MR) is 98.1 cm³/mol. The van der Waals surface area contributed by atoms with Crippen LogP contribution in [0.4, 0.5) is 17.1 Å². The highest BCUT2D eigenvalue weighted by Crippen LogP contribution is 2.32. The summed E-state index contributed by atoms with van der Waals surface area (Å²) in [7, 11) is -3.80. The molecule has 0 bridgehead atoms. The first-order valence-electron chi connectivity index (χ1n) is 8.07. The molecule has 0 aromatic heterocycles. The molecule has 1 aliphatic rings. The number of nitrogens with zero attached hydrogens (tertiary/aromatic N) is 2. The molecule has 0 amide bonds. The summed E-state index contributed by atoms with van der Waals surface area (Å²) in [6.07, 6.45) is 0. The van der Waals surface area contributed by atoms with E-state index in [-0.39, 0.29) is 10.6 Å². The number of morpholine rings is 1. The molecule has 0 spiro atoms. The van der Waals surface area contributed by atoms with Crippen molar-refractivity contribution in [2.24, 2.45) is 0 Å². The third-order valence-corrected chi connectivity index (χ3v) is 5.50. The van der Waals surface area contributed by atoms with Crippen molar-refractivity contribution in [2.75, 3.05) is 35.9 Å². The Balaban J connectivity index is 1.97. The summed E-state index contributed by atoms with van der Waals surface area (Å²) in [5.74, 6) is 0. The Bertz CT molecular complexity index is 906. The smallest absolute Gasteiger partial charge is 0.271 e. The zero-order valence-electron chi connectivity index (χ0n) is 14.2. The molecule has 2 aromatic carbocycles. The van der Waals surface area contributed by atoms with Gasteiger partial charge in [-0.05, 0) is 25.1 Å². The first kappa shape index (κ1) is 18.2. The van der Waals surface area contributed by atoms with Gasteiger partial charge in [0.05, 0.1) is 34.4 Å². The minimum atomic E-state index is -3.80. The standard InChI is InChI=1S/C17H19N3O5S/c1-13-2-5-15(6-3-13)26(23,24)18-16-7-4-14(20(21)22)12-17(16)19-8-10-25-11-9-19/h2-7,12,18H,8-11H2,1H3. The summed E-state index contributed by atoms with van der Waals surface area (Å²) in [5, 5.41) is 11.1. The molecule has 0 unspecified atom stereocenters. The highest BCUT2D eigenvalue weighted by atomic mass is 32.2. The van der Waals surface area contributed by atoms with Crippen LogP contribution in [0.3, 0.4) is 0 Å². The number of benzene rings is 2. The second-order valence-electron chi connectivity index (χ2n) is 5.98. The molecule has 0 aliphatic carbocycles. The fraction of sp³-hybridized carbons (Fsp3) is 0.294. The van der Waals surface area contributed by atoms with E-state index in [1.165, 1.54) is 30.3 Å². The van der Waals surface area contributed by atoms with Crippen molar-refractivity contribution < 1.29 is 18.1 Å². The van der Waals surface area contributed by atoms with Gasteiger partial charge in [-0.3, -0.25) is 14.8 Å². The predicted octanol–water partition coefficient (Wildman–Crippen LogP) is 2.54. The minimum Gasteiger partial charge on any atom is -0.378 e. The molecule has 0 radical (unpaired) electrons. The second-order valence-corrected chi connectivity index (χ2v) is 7.66. The molecule has 2 aromatic rings. The highest BCUT2D eigenvalue weighted by Gasteiger charge is 2.22. The molecule has 9 heteroatoms. The Morgan fingerprint density at radius 2 is 1.77 bits per heavy atom. The average Bonchev–Trinajstić information content (AvgIpc) is 2.62. The van der Waals surface area contributed by atoms with E-state index in [1.807, 2.05) is 11.8 Å². The number of nitrogens with one attached hydrogen (secondary N) is 1. The maximum atomic E-state index is 12.7. The summed E-state index contributed by atoms with van der Waals surface area (Å²) in [5.41, 5.74) is 1.63. The molecule has 1 heterocycles. The van der Waals surface area contributed by atoms with Crippen LogP contribution in [0.5, 0.6) is 0 Å². The van der Waals surface area contributed by atoms with Crippen molar-refractivity contribution in [3.05, 3.63) is 58.1 Å². The molecule has 0 saturated carbocycles. The van der Waals surface area contributed by atoms with Crippen molar-refractivity contribution >= 4 is 27.1 Å². The summed E-state index contributed by atoms with van der Waals surface area (Å²) < 4.78 is 33.2. The van der Waals surface area contributed by atoms with Gasteiger partial charge in [0.15, 0.2) is 0 Å². The molecular weight excluding hydrogens is 358 g/mol. The number of hydrogen-bond acceptors (Lipinski definition) is 6. The van der Waals surface area contributed by atoms with Gasteiger partial charge in [-0.15, -0.1) is 0 Å². The normalized spacial score (nSPS) is 14.9. The molecule has 8 nitrogen and oxygen atoms in total. The van der Waals surface area contributed by atoms with Crippen LogP contribution in [0, 0.1) is 17.0 Å². The zero-order chi connectivity index (χ0) is 18.7. The molecule has 1 saturated heterocycles. The number of aryl methyl sites for hydroxylation is 1. The van der Waals surface area contributed by atoms with Gasteiger partial charge in [-0.2, -0.15) is 0 Å². The fourth-order valence-electron chi connectivity index (χ4n) is 2.71. The van der Waals surface area contributed by atoms with Crippen molar-refractivity contribution in [2.45, 2.75) is 11.8 Å². The third kappa shape index (κ3) is 3.94. The third-order valence-electron chi connectivity index (χ3n) is 4.12. The quantitative estimate of drug-likeness (QED) is 0.635. The molecule has 138 valence electrons. The summed E-state index contributed by atoms with van der Waals surface area (Å²) >= 11 is 0. The number of ether oxygens (including phenoxy) is 1. The molecular formula is C17H19N3O5S. The number of sulfonamides is 1. The van der Waals surface area contributed by atoms with E-state index in [1.54, 1.807) is 12.1 Å².